The molecule has 0 spiro atoms. The van der Waals surface area contributed by atoms with Gasteiger partial charge in [0.25, 0.3) is 0 Å². The predicted molar refractivity (Wildman–Crippen MR) is 178 cm³/mol. The van der Waals surface area contributed by atoms with Crippen molar-refractivity contribution in [1.82, 2.24) is 19.5 Å². The van der Waals surface area contributed by atoms with Crippen molar-refractivity contribution in [3.63, 3.8) is 0 Å². The highest BCUT2D eigenvalue weighted by Crippen LogP contribution is 2.34. The Bertz CT molecular complexity index is 2440. The Morgan fingerprint density at radius 3 is 1.57 bits per heavy atom. The van der Waals surface area contributed by atoms with E-state index in [9.17, 15) is 0 Å². The highest BCUT2D eigenvalue weighted by atomic mass is 16.3. The summed E-state index contributed by atoms with van der Waals surface area (Å²) in [7, 11) is 0. The van der Waals surface area contributed by atoms with Crippen LogP contribution in [0.4, 0.5) is 0 Å². The maximum absolute atomic E-state index is 6.18. The predicted octanol–water partition coefficient (Wildman–Crippen LogP) is 9.87. The van der Waals surface area contributed by atoms with Crippen molar-refractivity contribution in [1.29, 1.82) is 0 Å². The average molecular weight is 565 g/mol. The van der Waals surface area contributed by atoms with E-state index in [2.05, 4.69) is 95.6 Å². The summed E-state index contributed by atoms with van der Waals surface area (Å²) in [5, 5.41) is 4.65. The summed E-state index contributed by atoms with van der Waals surface area (Å²) in [6, 6.07) is 49.8. The van der Waals surface area contributed by atoms with Gasteiger partial charge in [0.1, 0.15) is 11.2 Å². The van der Waals surface area contributed by atoms with Gasteiger partial charge in [0.2, 0.25) is 0 Å². The van der Waals surface area contributed by atoms with E-state index in [1.165, 1.54) is 21.8 Å². The molecule has 0 aliphatic rings. The molecule has 5 heteroatoms. The van der Waals surface area contributed by atoms with Crippen LogP contribution in [0.1, 0.15) is 0 Å². The molecule has 0 bridgehead atoms. The standard InChI is InChI=1S/C39H24N4O/c1-2-10-25(11-3-1)37-40-38(42-39(41-37)27-20-23-32-31-14-6-9-17-35(31)44-36(32)24-27)26-18-21-28(22-19-26)43-33-15-7-4-12-29(33)30-13-5-8-16-34(30)43/h1-24H. The van der Waals surface area contributed by atoms with Crippen LogP contribution < -0.4 is 0 Å². The highest BCUT2D eigenvalue weighted by molar-refractivity contribution is 6.09. The third-order valence-corrected chi connectivity index (χ3v) is 8.27. The quantitative estimate of drug-likeness (QED) is 0.213. The molecule has 0 aliphatic carbocycles. The van der Waals surface area contributed by atoms with E-state index in [4.69, 9.17) is 19.4 Å². The molecule has 0 fully saturated rings. The summed E-state index contributed by atoms with van der Waals surface area (Å²) in [6.07, 6.45) is 0. The largest absolute Gasteiger partial charge is 0.456 e. The second kappa shape index (κ2) is 9.75. The van der Waals surface area contributed by atoms with Crippen LogP contribution in [0.15, 0.2) is 150 Å². The van der Waals surface area contributed by atoms with Crippen LogP contribution in [0, 0.1) is 0 Å². The Balaban J connectivity index is 1.18. The number of fused-ring (bicyclic) bond motifs is 6. The van der Waals surface area contributed by atoms with E-state index < -0.39 is 0 Å². The number of benzene rings is 6. The van der Waals surface area contributed by atoms with E-state index in [-0.39, 0.29) is 0 Å². The zero-order valence-electron chi connectivity index (χ0n) is 23.6. The Labute approximate surface area is 252 Å². The second-order valence-electron chi connectivity index (χ2n) is 10.9. The molecule has 0 N–H and O–H groups in total. The van der Waals surface area contributed by atoms with Crippen LogP contribution in [0.5, 0.6) is 0 Å². The summed E-state index contributed by atoms with van der Waals surface area (Å²) in [6.45, 7) is 0. The Kier molecular flexibility index (Phi) is 5.43. The van der Waals surface area contributed by atoms with Crippen molar-refractivity contribution in [3.05, 3.63) is 146 Å². The van der Waals surface area contributed by atoms with Crippen LogP contribution in [0.25, 0.3) is 83.6 Å². The molecule has 6 aromatic carbocycles. The van der Waals surface area contributed by atoms with Gasteiger partial charge in [-0.1, -0.05) is 91.0 Å². The fourth-order valence-corrected chi connectivity index (χ4v) is 6.18. The molecule has 0 saturated carbocycles. The molecule has 9 rings (SSSR count). The number of furan rings is 1. The fraction of sp³-hybridized carbons (Fsp3) is 0. The fourth-order valence-electron chi connectivity index (χ4n) is 6.18. The first-order valence-electron chi connectivity index (χ1n) is 14.6. The molecule has 0 unspecified atom stereocenters. The lowest BCUT2D eigenvalue weighted by molar-refractivity contribution is 0.669. The van der Waals surface area contributed by atoms with Crippen molar-refractivity contribution in [2.24, 2.45) is 0 Å². The van der Waals surface area contributed by atoms with Crippen LogP contribution in [0.2, 0.25) is 0 Å². The zero-order valence-corrected chi connectivity index (χ0v) is 23.6. The van der Waals surface area contributed by atoms with Gasteiger partial charge in [0, 0.05) is 43.9 Å². The van der Waals surface area contributed by atoms with Gasteiger partial charge in [-0.15, -0.1) is 0 Å². The number of nitrogens with zero attached hydrogens (tertiary/aromatic N) is 4. The first-order valence-corrected chi connectivity index (χ1v) is 14.6. The zero-order chi connectivity index (χ0) is 29.0. The number of para-hydroxylation sites is 3. The normalized spacial score (nSPS) is 11.6. The molecule has 44 heavy (non-hydrogen) atoms. The summed E-state index contributed by atoms with van der Waals surface area (Å²) in [5.74, 6) is 1.84. The maximum Gasteiger partial charge on any atom is 0.164 e. The maximum atomic E-state index is 6.18. The molecule has 0 amide bonds. The first kappa shape index (κ1) is 24.5. The molecule has 3 heterocycles. The van der Waals surface area contributed by atoms with E-state index in [1.54, 1.807) is 0 Å². The Morgan fingerprint density at radius 2 is 0.886 bits per heavy atom. The number of hydrogen-bond acceptors (Lipinski definition) is 4. The monoisotopic (exact) mass is 564 g/mol. The SMILES string of the molecule is c1ccc(-c2nc(-c3ccc(-n4c5ccccc5c5ccccc54)cc3)nc(-c3ccc4c(c3)oc3ccccc34)n2)cc1. The van der Waals surface area contributed by atoms with Gasteiger partial charge in [-0.05, 0) is 54.6 Å². The van der Waals surface area contributed by atoms with Gasteiger partial charge >= 0.3 is 0 Å². The third kappa shape index (κ3) is 3.91. The molecule has 3 aromatic heterocycles. The van der Waals surface area contributed by atoms with E-state index in [1.807, 2.05) is 54.6 Å². The number of rotatable bonds is 4. The summed E-state index contributed by atoms with van der Waals surface area (Å²) in [5.41, 5.74) is 7.84. The minimum Gasteiger partial charge on any atom is -0.456 e. The summed E-state index contributed by atoms with van der Waals surface area (Å²) >= 11 is 0. The molecular formula is C39H24N4O. The smallest absolute Gasteiger partial charge is 0.164 e. The third-order valence-electron chi connectivity index (χ3n) is 8.27. The summed E-state index contributed by atoms with van der Waals surface area (Å²) in [4.78, 5) is 14.8. The number of aromatic nitrogens is 4. The van der Waals surface area contributed by atoms with E-state index in [0.29, 0.717) is 17.5 Å². The molecule has 0 saturated heterocycles. The van der Waals surface area contributed by atoms with Crippen molar-refractivity contribution in [3.8, 4) is 39.9 Å². The molecule has 0 radical (unpaired) electrons. The van der Waals surface area contributed by atoms with Gasteiger partial charge in [0.05, 0.1) is 11.0 Å². The Hall–Kier alpha value is -6.07. The molecule has 5 nitrogen and oxygen atoms in total. The molecular weight excluding hydrogens is 540 g/mol. The highest BCUT2D eigenvalue weighted by Gasteiger charge is 2.16. The van der Waals surface area contributed by atoms with Crippen LogP contribution in [-0.2, 0) is 0 Å². The van der Waals surface area contributed by atoms with Gasteiger partial charge < -0.3 is 8.98 Å². The van der Waals surface area contributed by atoms with Crippen LogP contribution >= 0.6 is 0 Å². The lowest BCUT2D eigenvalue weighted by Gasteiger charge is -2.10. The van der Waals surface area contributed by atoms with Gasteiger partial charge in [-0.3, -0.25) is 0 Å². The first-order chi connectivity index (χ1) is 21.8. The summed E-state index contributed by atoms with van der Waals surface area (Å²) < 4.78 is 8.49. The molecule has 0 atom stereocenters. The Morgan fingerprint density at radius 1 is 0.386 bits per heavy atom. The molecule has 0 aliphatic heterocycles. The van der Waals surface area contributed by atoms with Gasteiger partial charge in [-0.2, -0.15) is 0 Å². The van der Waals surface area contributed by atoms with Crippen molar-refractivity contribution in [2.45, 2.75) is 0 Å². The van der Waals surface area contributed by atoms with Gasteiger partial charge in [0.15, 0.2) is 17.5 Å². The van der Waals surface area contributed by atoms with Gasteiger partial charge in [-0.25, -0.2) is 15.0 Å². The topological polar surface area (TPSA) is 56.7 Å². The van der Waals surface area contributed by atoms with Crippen molar-refractivity contribution in [2.75, 3.05) is 0 Å². The van der Waals surface area contributed by atoms with Crippen LogP contribution in [-0.4, -0.2) is 19.5 Å². The minimum absolute atomic E-state index is 0.600. The van der Waals surface area contributed by atoms with Crippen molar-refractivity contribution >= 4 is 43.7 Å². The number of hydrogen-bond donors (Lipinski definition) is 0. The lowest BCUT2D eigenvalue weighted by Crippen LogP contribution is -2.00. The second-order valence-corrected chi connectivity index (χ2v) is 10.9. The van der Waals surface area contributed by atoms with Crippen molar-refractivity contribution < 1.29 is 4.42 Å². The molecule has 9 aromatic rings. The average Bonchev–Trinajstić information content (AvgIpc) is 3.64. The van der Waals surface area contributed by atoms with Crippen LogP contribution in [0.3, 0.4) is 0 Å². The van der Waals surface area contributed by atoms with E-state index >= 15 is 0 Å². The van der Waals surface area contributed by atoms with E-state index in [0.717, 1.165) is 44.3 Å². The molecule has 206 valence electrons. The minimum atomic E-state index is 0.600. The lowest BCUT2D eigenvalue weighted by atomic mass is 10.1.